The fourth-order valence-electron chi connectivity index (χ4n) is 4.60. The van der Waals surface area contributed by atoms with Crippen LogP contribution in [0.4, 0.5) is 10.1 Å². The van der Waals surface area contributed by atoms with E-state index in [1.165, 1.54) is 51.8 Å². The van der Waals surface area contributed by atoms with E-state index < -0.39 is 11.7 Å². The fourth-order valence-corrected chi connectivity index (χ4v) is 4.60. The molecule has 0 bridgehead atoms. The zero-order valence-corrected chi connectivity index (χ0v) is 23.8. The van der Waals surface area contributed by atoms with Gasteiger partial charge in [0, 0.05) is 23.5 Å². The van der Waals surface area contributed by atoms with Gasteiger partial charge >= 0.3 is 0 Å². The molecule has 0 aliphatic rings. The second kappa shape index (κ2) is 12.9. The van der Waals surface area contributed by atoms with E-state index in [-0.39, 0.29) is 39.6 Å². The summed E-state index contributed by atoms with van der Waals surface area (Å²) in [5.41, 5.74) is 5.26. The van der Waals surface area contributed by atoms with Crippen LogP contribution in [0, 0.1) is 13.8 Å². The number of nitrogens with one attached hydrogen (secondary N) is 1. The number of hydrogen-bond donors (Lipinski definition) is 1. The Hall–Kier alpha value is -5.31. The predicted molar refractivity (Wildman–Crippen MR) is 159 cm³/mol. The fraction of sp³-hybridized carbons (Fsp3) is 0.152. The third kappa shape index (κ3) is 5.90. The van der Waals surface area contributed by atoms with Crippen LogP contribution in [0.3, 0.4) is 0 Å². The highest BCUT2D eigenvalue weighted by Gasteiger charge is 2.17. The number of methoxy groups -OCH3 is 3. The van der Waals surface area contributed by atoms with Gasteiger partial charge in [0.15, 0.2) is 12.6 Å². The van der Waals surface area contributed by atoms with Crippen molar-refractivity contribution >= 4 is 36.1 Å². The molecule has 0 unspecified atom stereocenters. The van der Waals surface area contributed by atoms with E-state index in [4.69, 9.17) is 14.2 Å². The van der Waals surface area contributed by atoms with Crippen LogP contribution in [-0.4, -0.2) is 44.8 Å². The second-order valence-electron chi connectivity index (χ2n) is 9.29. The molecule has 214 valence electrons. The molecule has 9 heteroatoms. The molecule has 42 heavy (non-hydrogen) atoms. The Morgan fingerprint density at radius 2 is 1.43 bits per heavy atom. The summed E-state index contributed by atoms with van der Waals surface area (Å²) < 4.78 is 31.2. The van der Waals surface area contributed by atoms with Crippen LogP contribution in [0.15, 0.2) is 60.8 Å². The molecule has 0 spiro atoms. The molecule has 0 atom stereocenters. The van der Waals surface area contributed by atoms with E-state index in [0.29, 0.717) is 23.8 Å². The largest absolute Gasteiger partial charge is 0.496 e. The van der Waals surface area contributed by atoms with Crippen LogP contribution in [0.5, 0.6) is 17.2 Å². The molecule has 0 fully saturated rings. The highest BCUT2D eigenvalue weighted by molar-refractivity contribution is 6.04. The van der Waals surface area contributed by atoms with Gasteiger partial charge < -0.3 is 19.5 Å². The molecule has 1 N–H and O–H groups in total. The van der Waals surface area contributed by atoms with Crippen molar-refractivity contribution in [1.82, 2.24) is 4.98 Å². The number of pyridine rings is 1. The second-order valence-corrected chi connectivity index (χ2v) is 9.29. The number of ether oxygens (including phenoxy) is 3. The summed E-state index contributed by atoms with van der Waals surface area (Å²) in [6.07, 6.45) is 3.91. The summed E-state index contributed by atoms with van der Waals surface area (Å²) in [7, 11) is 4.21. The monoisotopic (exact) mass is 568 g/mol. The maximum Gasteiger partial charge on any atom is 0.274 e. The van der Waals surface area contributed by atoms with Crippen LogP contribution in [0.25, 0.3) is 23.0 Å². The summed E-state index contributed by atoms with van der Waals surface area (Å²) in [5, 5.41) is 2.88. The van der Waals surface area contributed by atoms with Gasteiger partial charge in [0.05, 0.1) is 32.5 Å². The van der Waals surface area contributed by atoms with Gasteiger partial charge in [0.1, 0.15) is 28.8 Å². The molecule has 4 rings (SSSR count). The molecule has 3 aromatic carbocycles. The molecule has 4 aromatic rings. The van der Waals surface area contributed by atoms with E-state index in [2.05, 4.69) is 10.3 Å². The van der Waals surface area contributed by atoms with E-state index in [1.807, 2.05) is 38.1 Å². The summed E-state index contributed by atoms with van der Waals surface area (Å²) in [4.78, 5) is 39.7. The average Bonchev–Trinajstić information content (AvgIpc) is 3.01. The number of aromatic nitrogens is 1. The number of nitrogens with zero attached hydrogens (tertiary/aromatic N) is 1. The Morgan fingerprint density at radius 1 is 0.810 bits per heavy atom. The number of carbonyl (C=O) groups excluding carboxylic acids is 3. The van der Waals surface area contributed by atoms with Crippen molar-refractivity contribution in [3.05, 3.63) is 99.9 Å². The van der Waals surface area contributed by atoms with Crippen molar-refractivity contribution < 1.29 is 33.0 Å². The zero-order chi connectivity index (χ0) is 30.4. The topological polar surface area (TPSA) is 104 Å². The van der Waals surface area contributed by atoms with Crippen molar-refractivity contribution in [1.29, 1.82) is 0 Å². The third-order valence-corrected chi connectivity index (χ3v) is 6.94. The van der Waals surface area contributed by atoms with Gasteiger partial charge in [-0.2, -0.15) is 0 Å². The summed E-state index contributed by atoms with van der Waals surface area (Å²) in [6, 6.07) is 15.4. The maximum atomic E-state index is 15.5. The van der Waals surface area contributed by atoms with Crippen molar-refractivity contribution in [2.45, 2.75) is 13.8 Å². The third-order valence-electron chi connectivity index (χ3n) is 6.94. The normalized spacial score (nSPS) is 11.0. The van der Waals surface area contributed by atoms with Gasteiger partial charge in [0.2, 0.25) is 0 Å². The molecule has 1 heterocycles. The van der Waals surface area contributed by atoms with Gasteiger partial charge in [-0.3, -0.25) is 19.4 Å². The predicted octanol–water partition coefficient (Wildman–Crippen LogP) is 6.74. The summed E-state index contributed by atoms with van der Waals surface area (Å²) >= 11 is 0. The van der Waals surface area contributed by atoms with Crippen LogP contribution < -0.4 is 19.5 Å². The van der Waals surface area contributed by atoms with Crippen molar-refractivity contribution in [3.8, 4) is 28.4 Å². The smallest absolute Gasteiger partial charge is 0.274 e. The first-order chi connectivity index (χ1) is 20.3. The molecule has 0 saturated carbocycles. The number of benzene rings is 3. The highest BCUT2D eigenvalue weighted by Crippen LogP contribution is 2.36. The number of halogens is 1. The van der Waals surface area contributed by atoms with Crippen molar-refractivity contribution in [2.24, 2.45) is 0 Å². The van der Waals surface area contributed by atoms with Crippen LogP contribution in [-0.2, 0) is 0 Å². The van der Waals surface area contributed by atoms with Crippen LogP contribution >= 0.6 is 0 Å². The molecule has 0 radical (unpaired) electrons. The number of anilines is 1. The Kier molecular flexibility index (Phi) is 9.12. The van der Waals surface area contributed by atoms with Crippen LogP contribution in [0.1, 0.15) is 53.5 Å². The number of aldehydes is 2. The van der Waals surface area contributed by atoms with Crippen molar-refractivity contribution in [2.75, 3.05) is 26.6 Å². The lowest BCUT2D eigenvalue weighted by molar-refractivity contribution is 0.101. The minimum atomic E-state index is -0.537. The lowest BCUT2D eigenvalue weighted by Gasteiger charge is -2.16. The Bertz CT molecular complexity index is 1690. The lowest BCUT2D eigenvalue weighted by atomic mass is 9.92. The van der Waals surface area contributed by atoms with Gasteiger partial charge in [-0.05, 0) is 65.9 Å². The molecule has 8 nitrogen and oxygen atoms in total. The van der Waals surface area contributed by atoms with Gasteiger partial charge in [0.25, 0.3) is 5.91 Å². The molecule has 0 saturated heterocycles. The Labute approximate surface area is 242 Å². The summed E-state index contributed by atoms with van der Waals surface area (Å²) in [5.74, 6) is -0.342. The zero-order valence-electron chi connectivity index (χ0n) is 23.8. The number of amides is 1. The number of rotatable bonds is 10. The number of hydrogen-bond acceptors (Lipinski definition) is 7. The standard InChI is InChI=1S/C33H29FN2O6/c1-19-21(12-27(34)22-13-31(41-4)26(18-38)32(14-22)42-5)8-6-9-24(19)25-10-7-11-28(20(25)2)36-33(39)29-15-30(40-3)23(17-37)16-35-29/h6-18H,1-5H3,(H,36,39)/b27-12-. The first-order valence-corrected chi connectivity index (χ1v) is 12.8. The maximum absolute atomic E-state index is 15.5. The number of carbonyl (C=O) groups is 3. The molecule has 0 aliphatic carbocycles. The Balaban J connectivity index is 1.68. The Morgan fingerprint density at radius 3 is 2.02 bits per heavy atom. The summed E-state index contributed by atoms with van der Waals surface area (Å²) in [6.45, 7) is 3.77. The minimum absolute atomic E-state index is 0.0930. The van der Waals surface area contributed by atoms with Gasteiger partial charge in [-0.15, -0.1) is 0 Å². The molecular formula is C33H29FN2O6. The first kappa shape index (κ1) is 29.7. The molecule has 0 aliphatic heterocycles. The minimum Gasteiger partial charge on any atom is -0.496 e. The first-order valence-electron chi connectivity index (χ1n) is 12.8. The quantitative estimate of drug-likeness (QED) is 0.167. The van der Waals surface area contributed by atoms with E-state index in [1.54, 1.807) is 12.1 Å². The van der Waals surface area contributed by atoms with Gasteiger partial charge in [-0.25, -0.2) is 4.39 Å². The molecule has 1 amide bonds. The lowest BCUT2D eigenvalue weighted by Crippen LogP contribution is -2.15. The SMILES string of the molecule is COc1cc(C(=O)Nc2cccc(-c3cccc(/C=C(\F)c4cc(OC)c(C=O)c(OC)c4)c3C)c2C)ncc1C=O. The molecule has 1 aromatic heterocycles. The van der Waals surface area contributed by atoms with Crippen molar-refractivity contribution in [3.63, 3.8) is 0 Å². The highest BCUT2D eigenvalue weighted by atomic mass is 19.1. The average molecular weight is 569 g/mol. The molecular weight excluding hydrogens is 539 g/mol. The van der Waals surface area contributed by atoms with Crippen LogP contribution in [0.2, 0.25) is 0 Å². The van der Waals surface area contributed by atoms with Gasteiger partial charge in [-0.1, -0.05) is 30.3 Å². The van der Waals surface area contributed by atoms with E-state index in [0.717, 1.165) is 22.3 Å². The van der Waals surface area contributed by atoms with E-state index >= 15 is 4.39 Å². The van der Waals surface area contributed by atoms with E-state index in [9.17, 15) is 14.4 Å².